The van der Waals surface area contributed by atoms with Crippen molar-refractivity contribution in [3.8, 4) is 0 Å². The Morgan fingerprint density at radius 3 is 3.12 bits per heavy atom. The first kappa shape index (κ1) is 12.1. The van der Waals surface area contributed by atoms with Crippen molar-refractivity contribution in [1.29, 1.82) is 0 Å². The van der Waals surface area contributed by atoms with Crippen LogP contribution in [0.1, 0.15) is 29.4 Å². The van der Waals surface area contributed by atoms with Gasteiger partial charge in [-0.05, 0) is 32.1 Å². The number of thiazole rings is 1. The lowest BCUT2D eigenvalue weighted by Gasteiger charge is -2.08. The van der Waals surface area contributed by atoms with Gasteiger partial charge in [0, 0.05) is 18.0 Å². The molecule has 0 aliphatic rings. The van der Waals surface area contributed by atoms with Gasteiger partial charge in [0.15, 0.2) is 0 Å². The van der Waals surface area contributed by atoms with Gasteiger partial charge in [-0.2, -0.15) is 0 Å². The fourth-order valence-corrected chi connectivity index (χ4v) is 2.20. The second-order valence-electron chi connectivity index (χ2n) is 3.84. The van der Waals surface area contributed by atoms with E-state index >= 15 is 0 Å². The van der Waals surface area contributed by atoms with Crippen molar-refractivity contribution in [2.75, 3.05) is 6.54 Å². The van der Waals surface area contributed by atoms with Crippen LogP contribution in [0.25, 0.3) is 6.08 Å². The monoisotopic (exact) mass is 248 g/mol. The van der Waals surface area contributed by atoms with Gasteiger partial charge in [-0.25, -0.2) is 4.98 Å². The molecule has 2 rings (SSSR count). The Kier molecular flexibility index (Phi) is 4.12. The number of furan rings is 1. The average Bonchev–Trinajstić information content (AvgIpc) is 2.95. The fraction of sp³-hybridized carbons (Fsp3) is 0.308. The minimum absolute atomic E-state index is 0.279. The molecular weight excluding hydrogens is 232 g/mol. The Morgan fingerprint density at radius 2 is 2.47 bits per heavy atom. The van der Waals surface area contributed by atoms with Gasteiger partial charge in [-0.3, -0.25) is 0 Å². The Hall–Kier alpha value is -1.39. The summed E-state index contributed by atoms with van der Waals surface area (Å²) >= 11 is 1.69. The molecule has 0 fully saturated rings. The van der Waals surface area contributed by atoms with Crippen LogP contribution in [0.5, 0.6) is 0 Å². The molecule has 1 atom stereocenters. The van der Waals surface area contributed by atoms with Crippen LogP contribution in [-0.4, -0.2) is 11.5 Å². The van der Waals surface area contributed by atoms with Gasteiger partial charge in [0.25, 0.3) is 0 Å². The predicted octanol–water partition coefficient (Wildman–Crippen LogP) is 3.41. The normalized spacial score (nSPS) is 13.3. The summed E-state index contributed by atoms with van der Waals surface area (Å²) in [6.07, 6.45) is 5.69. The van der Waals surface area contributed by atoms with E-state index in [4.69, 9.17) is 4.42 Å². The number of nitrogens with one attached hydrogen (secondary N) is 1. The SMILES string of the molecule is Cc1nc(C(C)NC/C=C/c2ccco2)cs1. The van der Waals surface area contributed by atoms with Crippen molar-refractivity contribution < 1.29 is 4.42 Å². The van der Waals surface area contributed by atoms with Gasteiger partial charge >= 0.3 is 0 Å². The standard InChI is InChI=1S/C13H16N2OS/c1-10(13-9-17-11(2)15-13)14-7-3-5-12-6-4-8-16-12/h3-6,8-10,14H,7H2,1-2H3/b5-3+. The minimum Gasteiger partial charge on any atom is -0.465 e. The first-order valence-electron chi connectivity index (χ1n) is 5.61. The summed E-state index contributed by atoms with van der Waals surface area (Å²) in [4.78, 5) is 4.45. The minimum atomic E-state index is 0.279. The van der Waals surface area contributed by atoms with E-state index in [0.717, 1.165) is 23.0 Å². The molecule has 17 heavy (non-hydrogen) atoms. The molecule has 1 N–H and O–H groups in total. The first-order valence-corrected chi connectivity index (χ1v) is 6.49. The zero-order chi connectivity index (χ0) is 12.1. The quantitative estimate of drug-likeness (QED) is 0.881. The fourth-order valence-electron chi connectivity index (χ4n) is 1.49. The molecule has 4 heteroatoms. The van der Waals surface area contributed by atoms with Crippen LogP contribution in [0.4, 0.5) is 0 Å². The maximum atomic E-state index is 5.20. The van der Waals surface area contributed by atoms with E-state index in [0.29, 0.717) is 0 Å². The lowest BCUT2D eigenvalue weighted by Crippen LogP contribution is -2.18. The summed E-state index contributed by atoms with van der Waals surface area (Å²) in [5, 5.41) is 6.60. The van der Waals surface area contributed by atoms with Crippen molar-refractivity contribution in [2.45, 2.75) is 19.9 Å². The van der Waals surface area contributed by atoms with Crippen LogP contribution in [-0.2, 0) is 0 Å². The highest BCUT2D eigenvalue weighted by atomic mass is 32.1. The van der Waals surface area contributed by atoms with Crippen LogP contribution in [0.15, 0.2) is 34.3 Å². The topological polar surface area (TPSA) is 38.1 Å². The van der Waals surface area contributed by atoms with E-state index in [-0.39, 0.29) is 6.04 Å². The third-order valence-corrected chi connectivity index (χ3v) is 3.24. The van der Waals surface area contributed by atoms with E-state index in [9.17, 15) is 0 Å². The lowest BCUT2D eigenvalue weighted by atomic mass is 10.2. The zero-order valence-electron chi connectivity index (χ0n) is 10.0. The molecule has 0 aliphatic heterocycles. The van der Waals surface area contributed by atoms with Crippen molar-refractivity contribution in [3.05, 3.63) is 46.3 Å². The molecule has 0 amide bonds. The summed E-state index contributed by atoms with van der Waals surface area (Å²) < 4.78 is 5.20. The smallest absolute Gasteiger partial charge is 0.126 e. The molecule has 3 nitrogen and oxygen atoms in total. The average molecular weight is 248 g/mol. The molecule has 0 radical (unpaired) electrons. The molecule has 0 saturated carbocycles. The Balaban J connectivity index is 1.79. The van der Waals surface area contributed by atoms with Crippen LogP contribution < -0.4 is 5.32 Å². The van der Waals surface area contributed by atoms with Crippen molar-refractivity contribution in [2.24, 2.45) is 0 Å². The van der Waals surface area contributed by atoms with Crippen LogP contribution in [0.3, 0.4) is 0 Å². The number of rotatable bonds is 5. The van der Waals surface area contributed by atoms with Crippen LogP contribution in [0, 0.1) is 6.92 Å². The predicted molar refractivity (Wildman–Crippen MR) is 71.0 cm³/mol. The highest BCUT2D eigenvalue weighted by molar-refractivity contribution is 7.09. The number of hydrogen-bond donors (Lipinski definition) is 1. The zero-order valence-corrected chi connectivity index (χ0v) is 10.8. The molecule has 2 aromatic rings. The molecule has 0 saturated heterocycles. The summed E-state index contributed by atoms with van der Waals surface area (Å²) in [5.74, 6) is 0.879. The summed E-state index contributed by atoms with van der Waals surface area (Å²) in [5.41, 5.74) is 1.11. The molecule has 0 spiro atoms. The first-order chi connectivity index (χ1) is 8.25. The van der Waals surface area contributed by atoms with E-state index in [2.05, 4.69) is 28.7 Å². The molecule has 2 aromatic heterocycles. The molecule has 0 aromatic carbocycles. The van der Waals surface area contributed by atoms with Gasteiger partial charge in [-0.15, -0.1) is 11.3 Å². The molecule has 1 unspecified atom stereocenters. The summed E-state index contributed by atoms with van der Waals surface area (Å²) in [6, 6.07) is 4.10. The summed E-state index contributed by atoms with van der Waals surface area (Å²) in [6.45, 7) is 4.95. The molecule has 0 bridgehead atoms. The second-order valence-corrected chi connectivity index (χ2v) is 4.90. The van der Waals surface area contributed by atoms with Crippen LogP contribution in [0.2, 0.25) is 0 Å². The maximum absolute atomic E-state index is 5.20. The number of aromatic nitrogens is 1. The van der Waals surface area contributed by atoms with E-state index < -0.39 is 0 Å². The maximum Gasteiger partial charge on any atom is 0.126 e. The highest BCUT2D eigenvalue weighted by Crippen LogP contribution is 2.15. The van der Waals surface area contributed by atoms with E-state index in [1.54, 1.807) is 17.6 Å². The Morgan fingerprint density at radius 1 is 1.59 bits per heavy atom. The Labute approximate surface area is 105 Å². The second kappa shape index (κ2) is 5.80. The van der Waals surface area contributed by atoms with Gasteiger partial charge in [0.1, 0.15) is 5.76 Å². The lowest BCUT2D eigenvalue weighted by molar-refractivity contribution is 0.556. The third-order valence-electron chi connectivity index (χ3n) is 2.45. The van der Waals surface area contributed by atoms with Crippen molar-refractivity contribution >= 4 is 17.4 Å². The molecule has 2 heterocycles. The van der Waals surface area contributed by atoms with Crippen LogP contribution >= 0.6 is 11.3 Å². The molecule has 0 aliphatic carbocycles. The van der Waals surface area contributed by atoms with Gasteiger partial charge in [0.05, 0.1) is 17.0 Å². The highest BCUT2D eigenvalue weighted by Gasteiger charge is 2.06. The molecular formula is C13H16N2OS. The van der Waals surface area contributed by atoms with Crippen molar-refractivity contribution in [3.63, 3.8) is 0 Å². The summed E-state index contributed by atoms with van der Waals surface area (Å²) in [7, 11) is 0. The van der Waals surface area contributed by atoms with E-state index in [1.165, 1.54) is 0 Å². The number of hydrogen-bond acceptors (Lipinski definition) is 4. The molecule has 90 valence electrons. The largest absolute Gasteiger partial charge is 0.465 e. The van der Waals surface area contributed by atoms with Gasteiger partial charge < -0.3 is 9.73 Å². The van der Waals surface area contributed by atoms with E-state index in [1.807, 2.05) is 25.1 Å². The van der Waals surface area contributed by atoms with Crippen molar-refractivity contribution in [1.82, 2.24) is 10.3 Å². The number of aryl methyl sites for hydroxylation is 1. The van der Waals surface area contributed by atoms with Gasteiger partial charge in [-0.1, -0.05) is 6.08 Å². The number of nitrogens with zero attached hydrogens (tertiary/aromatic N) is 1. The Bertz CT molecular complexity index is 473. The van der Waals surface area contributed by atoms with Gasteiger partial charge in [0.2, 0.25) is 0 Å². The third kappa shape index (κ3) is 3.54.